The Hall–Kier alpha value is -1.46. The number of rotatable bonds is 7. The molecule has 98 valence electrons. The van der Waals surface area contributed by atoms with Gasteiger partial charge in [-0.3, -0.25) is 4.79 Å². The van der Waals surface area contributed by atoms with Crippen LogP contribution in [0.25, 0.3) is 0 Å². The van der Waals surface area contributed by atoms with Gasteiger partial charge < -0.3 is 15.8 Å². The van der Waals surface area contributed by atoms with E-state index >= 15 is 0 Å². The van der Waals surface area contributed by atoms with Crippen molar-refractivity contribution >= 4 is 28.8 Å². The van der Waals surface area contributed by atoms with Gasteiger partial charge in [-0.05, 0) is 24.1 Å². The van der Waals surface area contributed by atoms with Crippen LogP contribution in [-0.4, -0.2) is 24.1 Å². The van der Waals surface area contributed by atoms with Gasteiger partial charge in [0.05, 0.1) is 4.99 Å². The molecule has 3 N–H and O–H groups in total. The van der Waals surface area contributed by atoms with Gasteiger partial charge in [0.25, 0.3) is 0 Å². The molecule has 0 aliphatic heterocycles. The van der Waals surface area contributed by atoms with Crippen LogP contribution < -0.4 is 11.1 Å². The average molecular weight is 266 g/mol. The molecule has 0 atom stereocenters. The van der Waals surface area contributed by atoms with E-state index in [4.69, 9.17) is 22.7 Å². The van der Waals surface area contributed by atoms with Crippen LogP contribution in [0.5, 0.6) is 0 Å². The maximum absolute atomic E-state index is 11.5. The van der Waals surface area contributed by atoms with Crippen LogP contribution in [0.2, 0.25) is 0 Å². The van der Waals surface area contributed by atoms with Crippen molar-refractivity contribution in [1.82, 2.24) is 0 Å². The molecule has 0 aliphatic rings. The summed E-state index contributed by atoms with van der Waals surface area (Å²) in [6.07, 6.45) is 1.48. The summed E-state index contributed by atoms with van der Waals surface area (Å²) in [6, 6.07) is 7.43. The first kappa shape index (κ1) is 14.6. The van der Waals surface area contributed by atoms with Crippen molar-refractivity contribution in [2.75, 3.05) is 18.5 Å². The maximum Gasteiger partial charge on any atom is 0.250 e. The minimum atomic E-state index is -0.148. The first-order valence-corrected chi connectivity index (χ1v) is 6.27. The molecule has 0 saturated heterocycles. The number of hydrogen-bond donors (Lipinski definition) is 2. The molecule has 4 nitrogen and oxygen atoms in total. The highest BCUT2D eigenvalue weighted by molar-refractivity contribution is 7.80. The van der Waals surface area contributed by atoms with E-state index in [0.717, 1.165) is 17.7 Å². The number of anilines is 1. The zero-order chi connectivity index (χ0) is 13.4. The predicted molar refractivity (Wildman–Crippen MR) is 76.7 cm³/mol. The lowest BCUT2D eigenvalue weighted by atomic mass is 10.1. The fraction of sp³-hybridized carbons (Fsp3) is 0.385. The number of carbonyl (C=O) groups excluding carboxylic acids is 1. The van der Waals surface area contributed by atoms with E-state index in [2.05, 4.69) is 5.32 Å². The van der Waals surface area contributed by atoms with Gasteiger partial charge in [0, 0.05) is 18.7 Å². The Morgan fingerprint density at radius 3 is 2.61 bits per heavy atom. The molecular formula is C13H18N2O2S. The number of hydrogen-bond acceptors (Lipinski definition) is 3. The van der Waals surface area contributed by atoms with Gasteiger partial charge in [-0.25, -0.2) is 0 Å². The SMILES string of the molecule is CCCOCC(=O)Nc1ccc(CC(N)=S)cc1. The van der Waals surface area contributed by atoms with Crippen molar-refractivity contribution in [3.63, 3.8) is 0 Å². The molecule has 0 saturated carbocycles. The number of carbonyl (C=O) groups is 1. The van der Waals surface area contributed by atoms with Gasteiger partial charge >= 0.3 is 0 Å². The molecule has 0 spiro atoms. The zero-order valence-corrected chi connectivity index (χ0v) is 11.3. The van der Waals surface area contributed by atoms with Gasteiger partial charge in [0.1, 0.15) is 6.61 Å². The second-order valence-corrected chi connectivity index (χ2v) is 4.47. The van der Waals surface area contributed by atoms with Gasteiger partial charge in [0.15, 0.2) is 0 Å². The van der Waals surface area contributed by atoms with Crippen LogP contribution in [0.15, 0.2) is 24.3 Å². The minimum absolute atomic E-state index is 0.0858. The fourth-order valence-corrected chi connectivity index (χ4v) is 1.58. The molecule has 0 radical (unpaired) electrons. The van der Waals surface area contributed by atoms with Crippen LogP contribution in [0, 0.1) is 0 Å². The van der Waals surface area contributed by atoms with Gasteiger partial charge in [-0.15, -0.1) is 0 Å². The van der Waals surface area contributed by atoms with Crippen LogP contribution >= 0.6 is 12.2 Å². The highest BCUT2D eigenvalue weighted by Gasteiger charge is 2.02. The molecule has 1 amide bonds. The first-order valence-electron chi connectivity index (χ1n) is 5.86. The lowest BCUT2D eigenvalue weighted by Gasteiger charge is -2.06. The standard InChI is InChI=1S/C13H18N2O2S/c1-2-7-17-9-13(16)15-11-5-3-10(4-6-11)8-12(14)18/h3-6H,2,7-9H2,1H3,(H2,14,18)(H,15,16). The van der Waals surface area contributed by atoms with Gasteiger partial charge in [-0.1, -0.05) is 31.3 Å². The van der Waals surface area contributed by atoms with Gasteiger partial charge in [0.2, 0.25) is 5.91 Å². The second-order valence-electron chi connectivity index (χ2n) is 3.94. The van der Waals surface area contributed by atoms with Crippen molar-refractivity contribution in [3.05, 3.63) is 29.8 Å². The number of nitrogens with two attached hydrogens (primary N) is 1. The summed E-state index contributed by atoms with van der Waals surface area (Å²) < 4.78 is 5.15. The third-order valence-corrected chi connectivity index (χ3v) is 2.34. The van der Waals surface area contributed by atoms with E-state index in [9.17, 15) is 4.79 Å². The van der Waals surface area contributed by atoms with E-state index in [0.29, 0.717) is 18.0 Å². The number of benzene rings is 1. The van der Waals surface area contributed by atoms with Crippen LogP contribution in [0.3, 0.4) is 0 Å². The Labute approximate surface area is 113 Å². The summed E-state index contributed by atoms with van der Waals surface area (Å²) in [7, 11) is 0. The maximum atomic E-state index is 11.5. The molecule has 1 aromatic carbocycles. The van der Waals surface area contributed by atoms with E-state index in [1.54, 1.807) is 0 Å². The van der Waals surface area contributed by atoms with E-state index in [-0.39, 0.29) is 12.5 Å². The zero-order valence-electron chi connectivity index (χ0n) is 10.4. The summed E-state index contributed by atoms with van der Waals surface area (Å²) >= 11 is 4.83. The number of ether oxygens (including phenoxy) is 1. The molecule has 0 bridgehead atoms. The van der Waals surface area contributed by atoms with E-state index in [1.807, 2.05) is 31.2 Å². The van der Waals surface area contributed by atoms with Crippen molar-refractivity contribution in [1.29, 1.82) is 0 Å². The third kappa shape index (κ3) is 5.75. The predicted octanol–water partition coefficient (Wildman–Crippen LogP) is 1.88. The summed E-state index contributed by atoms with van der Waals surface area (Å²) in [5.74, 6) is -0.148. The minimum Gasteiger partial charge on any atom is -0.393 e. The highest BCUT2D eigenvalue weighted by Crippen LogP contribution is 2.10. The van der Waals surface area contributed by atoms with E-state index < -0.39 is 0 Å². The van der Waals surface area contributed by atoms with Crippen LogP contribution in [0.1, 0.15) is 18.9 Å². The Bertz CT molecular complexity index is 404. The molecule has 1 aromatic rings. The molecule has 0 aromatic heterocycles. The molecule has 18 heavy (non-hydrogen) atoms. The quantitative estimate of drug-likeness (QED) is 0.584. The normalized spacial score (nSPS) is 10.1. The molecule has 5 heteroatoms. The molecule has 0 unspecified atom stereocenters. The number of nitrogens with one attached hydrogen (secondary N) is 1. The van der Waals surface area contributed by atoms with E-state index in [1.165, 1.54) is 0 Å². The monoisotopic (exact) mass is 266 g/mol. The molecule has 0 heterocycles. The summed E-state index contributed by atoms with van der Waals surface area (Å²) in [5.41, 5.74) is 7.23. The average Bonchev–Trinajstić information content (AvgIpc) is 2.31. The lowest BCUT2D eigenvalue weighted by molar-refractivity contribution is -0.120. The van der Waals surface area contributed by atoms with Crippen LogP contribution in [0.4, 0.5) is 5.69 Å². The Morgan fingerprint density at radius 2 is 2.06 bits per heavy atom. The Balaban J connectivity index is 2.43. The second kappa shape index (κ2) is 7.79. The molecule has 0 fully saturated rings. The third-order valence-electron chi connectivity index (χ3n) is 2.20. The fourth-order valence-electron chi connectivity index (χ4n) is 1.41. The lowest BCUT2D eigenvalue weighted by Crippen LogP contribution is -2.18. The highest BCUT2D eigenvalue weighted by atomic mass is 32.1. The topological polar surface area (TPSA) is 64.3 Å². The van der Waals surface area contributed by atoms with Crippen molar-refractivity contribution in [2.45, 2.75) is 19.8 Å². The molecular weight excluding hydrogens is 248 g/mol. The summed E-state index contributed by atoms with van der Waals surface area (Å²) in [5, 5.41) is 2.75. The Morgan fingerprint density at radius 1 is 1.39 bits per heavy atom. The number of thiocarbonyl (C=S) groups is 1. The summed E-state index contributed by atoms with van der Waals surface area (Å²) in [6.45, 7) is 2.68. The van der Waals surface area contributed by atoms with Crippen molar-refractivity contribution in [2.24, 2.45) is 5.73 Å². The summed E-state index contributed by atoms with van der Waals surface area (Å²) in [4.78, 5) is 11.9. The van der Waals surface area contributed by atoms with Crippen molar-refractivity contribution in [3.8, 4) is 0 Å². The smallest absolute Gasteiger partial charge is 0.250 e. The first-order chi connectivity index (χ1) is 8.61. The Kier molecular flexibility index (Phi) is 6.32. The largest absolute Gasteiger partial charge is 0.393 e. The van der Waals surface area contributed by atoms with Crippen LogP contribution in [-0.2, 0) is 16.0 Å². The number of amides is 1. The molecule has 1 rings (SSSR count). The van der Waals surface area contributed by atoms with Crippen molar-refractivity contribution < 1.29 is 9.53 Å². The molecule has 0 aliphatic carbocycles. The van der Waals surface area contributed by atoms with Gasteiger partial charge in [-0.2, -0.15) is 0 Å².